The van der Waals surface area contributed by atoms with Crippen LogP contribution in [0.3, 0.4) is 0 Å². The number of hydrogen-bond acceptors (Lipinski definition) is 6. The van der Waals surface area contributed by atoms with Crippen LogP contribution in [0.4, 0.5) is 0 Å². The molecule has 0 aliphatic carbocycles. The maximum Gasteiger partial charge on any atom is 0.226 e. The predicted molar refractivity (Wildman–Crippen MR) is 105 cm³/mol. The third kappa shape index (κ3) is 7.38. The van der Waals surface area contributed by atoms with Crippen LogP contribution in [-0.2, 0) is 22.7 Å². The zero-order chi connectivity index (χ0) is 19.7. The van der Waals surface area contributed by atoms with Crippen molar-refractivity contribution in [2.75, 3.05) is 25.9 Å². The van der Waals surface area contributed by atoms with E-state index in [0.29, 0.717) is 36.1 Å². The number of benzene rings is 1. The van der Waals surface area contributed by atoms with Gasteiger partial charge in [0.05, 0.1) is 4.90 Å². The third-order valence-corrected chi connectivity index (χ3v) is 4.92. The molecule has 0 amide bonds. The third-order valence-electron chi connectivity index (χ3n) is 3.79. The van der Waals surface area contributed by atoms with Gasteiger partial charge in [-0.25, -0.2) is 8.42 Å². The standard InChI is InChI=1S/C18H27N5O3S/c1-4-19-18(20-12-5-6-17-22-14(2)23-26-17)21-13-11-15-7-9-16(10-8-15)27(3,24)25/h7-10H,4-6,11-13H2,1-3H3,(H2,19,20,21). The van der Waals surface area contributed by atoms with Crippen molar-refractivity contribution in [3.05, 3.63) is 41.5 Å². The Morgan fingerprint density at radius 3 is 2.52 bits per heavy atom. The van der Waals surface area contributed by atoms with Gasteiger partial charge >= 0.3 is 0 Å². The van der Waals surface area contributed by atoms with E-state index in [9.17, 15) is 8.42 Å². The molecule has 0 saturated heterocycles. The van der Waals surface area contributed by atoms with Crippen LogP contribution >= 0.6 is 0 Å². The Balaban J connectivity index is 1.77. The molecule has 0 radical (unpaired) electrons. The molecule has 1 aromatic heterocycles. The van der Waals surface area contributed by atoms with Crippen LogP contribution in [0, 0.1) is 6.92 Å². The lowest BCUT2D eigenvalue weighted by atomic mass is 10.1. The summed E-state index contributed by atoms with van der Waals surface area (Å²) in [5.74, 6) is 2.04. The van der Waals surface area contributed by atoms with E-state index in [4.69, 9.17) is 4.52 Å². The summed E-state index contributed by atoms with van der Waals surface area (Å²) < 4.78 is 28.1. The first-order chi connectivity index (χ1) is 12.9. The summed E-state index contributed by atoms with van der Waals surface area (Å²) in [6.07, 6.45) is 3.51. The lowest BCUT2D eigenvalue weighted by molar-refractivity contribution is 0.372. The smallest absolute Gasteiger partial charge is 0.226 e. The molecule has 1 aromatic carbocycles. The highest BCUT2D eigenvalue weighted by atomic mass is 32.2. The molecule has 0 fully saturated rings. The van der Waals surface area contributed by atoms with E-state index in [1.54, 1.807) is 19.1 Å². The molecule has 2 rings (SSSR count). The molecule has 1 heterocycles. The molecular formula is C18H27N5O3S. The fourth-order valence-corrected chi connectivity index (χ4v) is 3.06. The Hall–Kier alpha value is -2.42. The fourth-order valence-electron chi connectivity index (χ4n) is 2.43. The normalized spacial score (nSPS) is 12.2. The van der Waals surface area contributed by atoms with Gasteiger partial charge in [-0.2, -0.15) is 4.98 Å². The number of aryl methyl sites for hydroxylation is 2. The van der Waals surface area contributed by atoms with Crippen molar-refractivity contribution in [1.29, 1.82) is 0 Å². The molecule has 0 atom stereocenters. The highest BCUT2D eigenvalue weighted by Gasteiger charge is 2.06. The molecular weight excluding hydrogens is 366 g/mol. The number of guanidine groups is 1. The monoisotopic (exact) mass is 393 g/mol. The summed E-state index contributed by atoms with van der Waals surface area (Å²) in [4.78, 5) is 9.05. The van der Waals surface area contributed by atoms with Crippen molar-refractivity contribution in [2.24, 2.45) is 4.99 Å². The van der Waals surface area contributed by atoms with Gasteiger partial charge in [-0.05, 0) is 44.4 Å². The van der Waals surface area contributed by atoms with Gasteiger partial charge in [-0.3, -0.25) is 4.99 Å². The molecule has 27 heavy (non-hydrogen) atoms. The Bertz CT molecular complexity index is 844. The number of nitrogens with zero attached hydrogens (tertiary/aromatic N) is 3. The fraction of sp³-hybridized carbons (Fsp3) is 0.500. The summed E-state index contributed by atoms with van der Waals surface area (Å²) in [5.41, 5.74) is 1.07. The van der Waals surface area contributed by atoms with Crippen LogP contribution in [0.5, 0.6) is 0 Å². The number of nitrogens with one attached hydrogen (secondary N) is 2. The van der Waals surface area contributed by atoms with Crippen LogP contribution < -0.4 is 10.6 Å². The molecule has 0 bridgehead atoms. The average Bonchev–Trinajstić information content (AvgIpc) is 3.03. The number of aromatic nitrogens is 2. The summed E-state index contributed by atoms with van der Waals surface area (Å²) in [5, 5.41) is 10.3. The van der Waals surface area contributed by atoms with Crippen molar-refractivity contribution in [3.8, 4) is 0 Å². The highest BCUT2D eigenvalue weighted by molar-refractivity contribution is 7.90. The van der Waals surface area contributed by atoms with E-state index < -0.39 is 9.84 Å². The minimum absolute atomic E-state index is 0.338. The second-order valence-corrected chi connectivity index (χ2v) is 8.21. The van der Waals surface area contributed by atoms with Crippen LogP contribution in [-0.4, -0.2) is 50.4 Å². The minimum Gasteiger partial charge on any atom is -0.357 e. The zero-order valence-corrected chi connectivity index (χ0v) is 16.8. The molecule has 2 aromatic rings. The predicted octanol–water partition coefficient (Wildman–Crippen LogP) is 1.51. The Labute approximate surface area is 160 Å². The van der Waals surface area contributed by atoms with E-state index in [-0.39, 0.29) is 0 Å². The molecule has 0 aliphatic heterocycles. The molecule has 8 nitrogen and oxygen atoms in total. The van der Waals surface area contributed by atoms with Crippen molar-refractivity contribution in [2.45, 2.75) is 38.0 Å². The SMILES string of the molecule is CCNC(=NCCCc1nc(C)no1)NCCc1ccc(S(C)(=O)=O)cc1. The van der Waals surface area contributed by atoms with Crippen molar-refractivity contribution < 1.29 is 12.9 Å². The average molecular weight is 394 g/mol. The number of sulfone groups is 1. The summed E-state index contributed by atoms with van der Waals surface area (Å²) in [6, 6.07) is 6.97. The Kier molecular flexibility index (Phi) is 7.78. The van der Waals surface area contributed by atoms with Crippen LogP contribution in [0.1, 0.15) is 30.6 Å². The first-order valence-electron chi connectivity index (χ1n) is 8.99. The van der Waals surface area contributed by atoms with Gasteiger partial charge < -0.3 is 15.2 Å². The van der Waals surface area contributed by atoms with E-state index in [1.165, 1.54) is 6.26 Å². The quantitative estimate of drug-likeness (QED) is 0.377. The molecule has 0 spiro atoms. The van der Waals surface area contributed by atoms with Gasteiger partial charge in [0, 0.05) is 32.3 Å². The van der Waals surface area contributed by atoms with Gasteiger partial charge in [0.15, 0.2) is 21.6 Å². The van der Waals surface area contributed by atoms with E-state index in [0.717, 1.165) is 30.9 Å². The first-order valence-corrected chi connectivity index (χ1v) is 10.9. The Morgan fingerprint density at radius 1 is 1.19 bits per heavy atom. The van der Waals surface area contributed by atoms with Crippen LogP contribution in [0.2, 0.25) is 0 Å². The maximum atomic E-state index is 11.5. The molecule has 148 valence electrons. The number of hydrogen-bond donors (Lipinski definition) is 2. The van der Waals surface area contributed by atoms with Crippen LogP contribution in [0.15, 0.2) is 38.7 Å². The second-order valence-electron chi connectivity index (χ2n) is 6.19. The Morgan fingerprint density at radius 2 is 1.93 bits per heavy atom. The molecule has 2 N–H and O–H groups in total. The minimum atomic E-state index is -3.15. The van der Waals surface area contributed by atoms with Gasteiger partial charge in [0.25, 0.3) is 0 Å². The van der Waals surface area contributed by atoms with Crippen molar-refractivity contribution >= 4 is 15.8 Å². The van der Waals surface area contributed by atoms with E-state index in [1.807, 2.05) is 19.1 Å². The van der Waals surface area contributed by atoms with Crippen molar-refractivity contribution in [1.82, 2.24) is 20.8 Å². The second kappa shape index (κ2) is 10.1. The largest absolute Gasteiger partial charge is 0.357 e. The summed E-state index contributed by atoms with van der Waals surface area (Å²) >= 11 is 0. The lowest BCUT2D eigenvalue weighted by Crippen LogP contribution is -2.38. The van der Waals surface area contributed by atoms with E-state index >= 15 is 0 Å². The molecule has 9 heteroatoms. The highest BCUT2D eigenvalue weighted by Crippen LogP contribution is 2.10. The topological polar surface area (TPSA) is 109 Å². The van der Waals surface area contributed by atoms with Gasteiger partial charge in [-0.15, -0.1) is 0 Å². The first kappa shape index (κ1) is 20.9. The van der Waals surface area contributed by atoms with E-state index in [2.05, 4.69) is 25.8 Å². The summed E-state index contributed by atoms with van der Waals surface area (Å²) in [6.45, 7) is 5.94. The number of rotatable bonds is 9. The molecule has 0 saturated carbocycles. The van der Waals surface area contributed by atoms with Crippen LogP contribution in [0.25, 0.3) is 0 Å². The summed E-state index contributed by atoms with van der Waals surface area (Å²) in [7, 11) is -3.15. The maximum absolute atomic E-state index is 11.5. The lowest BCUT2D eigenvalue weighted by Gasteiger charge is -2.11. The van der Waals surface area contributed by atoms with Gasteiger partial charge in [0.1, 0.15) is 0 Å². The van der Waals surface area contributed by atoms with Gasteiger partial charge in [-0.1, -0.05) is 17.3 Å². The van der Waals surface area contributed by atoms with Crippen molar-refractivity contribution in [3.63, 3.8) is 0 Å². The van der Waals surface area contributed by atoms with Gasteiger partial charge in [0.2, 0.25) is 5.89 Å². The molecule has 0 unspecified atom stereocenters. The number of aliphatic imine (C=N–C) groups is 1. The molecule has 0 aliphatic rings. The zero-order valence-electron chi connectivity index (χ0n) is 16.0.